The lowest BCUT2D eigenvalue weighted by atomic mass is 10.1. The largest absolute Gasteiger partial charge is 0.302 e. The molecule has 0 aliphatic carbocycles. The molecular weight excluding hydrogens is 378 g/mol. The van der Waals surface area contributed by atoms with Crippen LogP contribution in [-0.4, -0.2) is 42.0 Å². The Morgan fingerprint density at radius 1 is 0.931 bits per heavy atom. The number of amides is 1. The average molecular weight is 410 g/mol. The fourth-order valence-electron chi connectivity index (χ4n) is 3.57. The number of benzene rings is 2. The SMILES string of the molecule is CCN(CC)CCN(C(=O)c1ccc(C)c(C)c1)c1nc2c(C)cc(C)cc2s1. The average Bonchev–Trinajstić information content (AvgIpc) is 3.11. The first kappa shape index (κ1) is 21.5. The van der Waals surface area contributed by atoms with Gasteiger partial charge in [-0.2, -0.15) is 0 Å². The Morgan fingerprint density at radius 3 is 2.31 bits per heavy atom. The highest BCUT2D eigenvalue weighted by molar-refractivity contribution is 7.22. The Balaban J connectivity index is 2.01. The van der Waals surface area contributed by atoms with Crippen molar-refractivity contribution in [3.8, 4) is 0 Å². The summed E-state index contributed by atoms with van der Waals surface area (Å²) in [6.45, 7) is 16.0. The first-order valence-corrected chi connectivity index (χ1v) is 11.1. The first-order valence-electron chi connectivity index (χ1n) is 10.3. The second kappa shape index (κ2) is 9.06. The molecule has 4 nitrogen and oxygen atoms in total. The molecule has 3 rings (SSSR count). The first-order chi connectivity index (χ1) is 13.8. The molecule has 154 valence electrons. The number of likely N-dealkylation sites (N-methyl/N-ethyl adjacent to an activating group) is 1. The van der Waals surface area contributed by atoms with E-state index in [2.05, 4.69) is 58.6 Å². The van der Waals surface area contributed by atoms with E-state index in [-0.39, 0.29) is 5.91 Å². The Bertz CT molecular complexity index is 1020. The predicted octanol–water partition coefficient (Wildman–Crippen LogP) is 5.52. The number of rotatable bonds is 7. The van der Waals surface area contributed by atoms with Crippen LogP contribution in [0.5, 0.6) is 0 Å². The zero-order chi connectivity index (χ0) is 21.1. The Labute approximate surface area is 178 Å². The molecule has 0 unspecified atom stereocenters. The van der Waals surface area contributed by atoms with Crippen LogP contribution in [0.1, 0.15) is 46.5 Å². The summed E-state index contributed by atoms with van der Waals surface area (Å²) in [5, 5.41) is 0.782. The summed E-state index contributed by atoms with van der Waals surface area (Å²) < 4.78 is 1.14. The van der Waals surface area contributed by atoms with Gasteiger partial charge in [-0.15, -0.1) is 0 Å². The van der Waals surface area contributed by atoms with Crippen LogP contribution in [0.4, 0.5) is 5.13 Å². The summed E-state index contributed by atoms with van der Waals surface area (Å²) >= 11 is 1.61. The van der Waals surface area contributed by atoms with E-state index in [0.29, 0.717) is 6.54 Å². The van der Waals surface area contributed by atoms with E-state index in [9.17, 15) is 4.79 Å². The molecule has 0 saturated heterocycles. The minimum Gasteiger partial charge on any atom is -0.302 e. The van der Waals surface area contributed by atoms with Gasteiger partial charge in [0.15, 0.2) is 5.13 Å². The zero-order valence-corrected chi connectivity index (χ0v) is 19.2. The molecule has 0 spiro atoms. The van der Waals surface area contributed by atoms with Gasteiger partial charge in [-0.3, -0.25) is 9.69 Å². The van der Waals surface area contributed by atoms with Crippen LogP contribution in [0, 0.1) is 27.7 Å². The van der Waals surface area contributed by atoms with E-state index in [1.54, 1.807) is 11.3 Å². The molecule has 0 radical (unpaired) electrons. The lowest BCUT2D eigenvalue weighted by Crippen LogP contribution is -2.38. The molecule has 5 heteroatoms. The number of hydrogen-bond donors (Lipinski definition) is 0. The molecule has 1 heterocycles. The smallest absolute Gasteiger partial charge is 0.260 e. The summed E-state index contributed by atoms with van der Waals surface area (Å²) in [7, 11) is 0. The number of fused-ring (bicyclic) bond motifs is 1. The van der Waals surface area contributed by atoms with Gasteiger partial charge in [0, 0.05) is 18.7 Å². The van der Waals surface area contributed by atoms with Gasteiger partial charge in [0.1, 0.15) is 0 Å². The topological polar surface area (TPSA) is 36.4 Å². The molecule has 1 amide bonds. The summed E-state index contributed by atoms with van der Waals surface area (Å²) in [5.41, 5.74) is 6.43. The fourth-order valence-corrected chi connectivity index (χ4v) is 4.74. The van der Waals surface area contributed by atoms with Gasteiger partial charge in [-0.1, -0.05) is 37.3 Å². The predicted molar refractivity (Wildman–Crippen MR) is 124 cm³/mol. The maximum atomic E-state index is 13.5. The van der Waals surface area contributed by atoms with Crippen LogP contribution in [0.15, 0.2) is 30.3 Å². The summed E-state index contributed by atoms with van der Waals surface area (Å²) in [4.78, 5) is 22.6. The van der Waals surface area contributed by atoms with Crippen LogP contribution in [0.3, 0.4) is 0 Å². The minimum absolute atomic E-state index is 0.0219. The van der Waals surface area contributed by atoms with Gasteiger partial charge >= 0.3 is 0 Å². The van der Waals surface area contributed by atoms with Crippen molar-refractivity contribution in [2.75, 3.05) is 31.1 Å². The lowest BCUT2D eigenvalue weighted by Gasteiger charge is -2.25. The van der Waals surface area contributed by atoms with Gasteiger partial charge in [0.2, 0.25) is 0 Å². The Hall–Kier alpha value is -2.24. The molecule has 0 N–H and O–H groups in total. The number of aromatic nitrogens is 1. The Kier molecular flexibility index (Phi) is 6.70. The molecule has 1 aromatic heterocycles. The number of thiazole rings is 1. The maximum Gasteiger partial charge on any atom is 0.260 e. The second-order valence-corrected chi connectivity index (χ2v) is 8.72. The van der Waals surface area contributed by atoms with E-state index < -0.39 is 0 Å². The van der Waals surface area contributed by atoms with Crippen molar-refractivity contribution in [2.24, 2.45) is 0 Å². The van der Waals surface area contributed by atoms with Gasteiger partial charge in [0.25, 0.3) is 5.91 Å². The van der Waals surface area contributed by atoms with Crippen molar-refractivity contribution in [1.29, 1.82) is 0 Å². The summed E-state index contributed by atoms with van der Waals surface area (Å²) in [6.07, 6.45) is 0. The molecule has 3 aromatic rings. The Morgan fingerprint density at radius 2 is 1.66 bits per heavy atom. The highest BCUT2D eigenvalue weighted by atomic mass is 32.1. The van der Waals surface area contributed by atoms with Crippen LogP contribution in [0.2, 0.25) is 0 Å². The third kappa shape index (κ3) is 4.68. The number of anilines is 1. The van der Waals surface area contributed by atoms with Crippen molar-refractivity contribution in [1.82, 2.24) is 9.88 Å². The van der Waals surface area contributed by atoms with Gasteiger partial charge in [-0.25, -0.2) is 4.98 Å². The highest BCUT2D eigenvalue weighted by Crippen LogP contribution is 2.32. The van der Waals surface area contributed by atoms with Gasteiger partial charge in [0.05, 0.1) is 10.2 Å². The van der Waals surface area contributed by atoms with E-state index in [1.807, 2.05) is 23.1 Å². The van der Waals surface area contributed by atoms with Crippen LogP contribution < -0.4 is 4.90 Å². The number of nitrogens with zero attached hydrogens (tertiary/aromatic N) is 3. The van der Waals surface area contributed by atoms with Gasteiger partial charge < -0.3 is 4.90 Å². The zero-order valence-electron chi connectivity index (χ0n) is 18.4. The molecule has 0 aliphatic heterocycles. The molecule has 2 aromatic carbocycles. The summed E-state index contributed by atoms with van der Waals surface area (Å²) in [6, 6.07) is 10.3. The van der Waals surface area contributed by atoms with E-state index in [0.717, 1.165) is 51.7 Å². The van der Waals surface area contributed by atoms with Crippen molar-refractivity contribution in [3.05, 3.63) is 58.1 Å². The maximum absolute atomic E-state index is 13.5. The second-order valence-electron chi connectivity index (χ2n) is 7.71. The minimum atomic E-state index is 0.0219. The molecule has 0 saturated carbocycles. The number of aryl methyl sites for hydroxylation is 4. The fraction of sp³-hybridized carbons (Fsp3) is 0.417. The number of hydrogen-bond acceptors (Lipinski definition) is 4. The van der Waals surface area contributed by atoms with Crippen molar-refractivity contribution in [2.45, 2.75) is 41.5 Å². The van der Waals surface area contributed by atoms with Crippen molar-refractivity contribution >= 4 is 32.6 Å². The third-order valence-corrected chi connectivity index (χ3v) is 6.61. The quantitative estimate of drug-likeness (QED) is 0.516. The molecule has 0 aliphatic rings. The van der Waals surface area contributed by atoms with Crippen LogP contribution >= 0.6 is 11.3 Å². The van der Waals surface area contributed by atoms with Crippen LogP contribution in [0.25, 0.3) is 10.2 Å². The molecule has 0 fully saturated rings. The standard InChI is InChI=1S/C24H31N3OS/c1-7-26(8-2)11-12-27(23(28)20-10-9-17(4)18(5)15-20)24-25-22-19(6)13-16(3)14-21(22)29-24/h9-10,13-15H,7-8,11-12H2,1-6H3. The third-order valence-electron chi connectivity index (χ3n) is 5.58. The molecule has 29 heavy (non-hydrogen) atoms. The van der Waals surface area contributed by atoms with E-state index in [4.69, 9.17) is 4.98 Å². The van der Waals surface area contributed by atoms with E-state index >= 15 is 0 Å². The number of carbonyl (C=O) groups excluding carboxylic acids is 1. The molecular formula is C24H31N3OS. The van der Waals surface area contributed by atoms with Crippen LogP contribution in [-0.2, 0) is 0 Å². The monoisotopic (exact) mass is 409 g/mol. The van der Waals surface area contributed by atoms with Gasteiger partial charge in [-0.05, 0) is 81.2 Å². The van der Waals surface area contributed by atoms with Crippen molar-refractivity contribution in [3.63, 3.8) is 0 Å². The van der Waals surface area contributed by atoms with Crippen molar-refractivity contribution < 1.29 is 4.79 Å². The highest BCUT2D eigenvalue weighted by Gasteiger charge is 2.22. The number of carbonyl (C=O) groups is 1. The summed E-state index contributed by atoms with van der Waals surface area (Å²) in [5.74, 6) is 0.0219. The van der Waals surface area contributed by atoms with E-state index in [1.165, 1.54) is 11.1 Å². The molecule has 0 bridgehead atoms. The normalized spacial score (nSPS) is 11.4. The lowest BCUT2D eigenvalue weighted by molar-refractivity contribution is 0.0983. The molecule has 0 atom stereocenters.